The summed E-state index contributed by atoms with van der Waals surface area (Å²) in [7, 11) is 11.7. The van der Waals surface area contributed by atoms with E-state index in [2.05, 4.69) is 55.2 Å². The highest BCUT2D eigenvalue weighted by Crippen LogP contribution is 2.15. The number of quaternary nitrogens is 1. The predicted molar refractivity (Wildman–Crippen MR) is 229 cm³/mol. The van der Waals surface area contributed by atoms with E-state index in [1.807, 2.05) is 66.7 Å². The van der Waals surface area contributed by atoms with Gasteiger partial charge in [0, 0.05) is 12.5 Å². The normalized spacial score (nSPS) is 11.0. The third-order valence-electron chi connectivity index (χ3n) is 7.25. The van der Waals surface area contributed by atoms with Crippen LogP contribution in [0.15, 0.2) is 140 Å². The molecule has 5 rings (SSSR count). The topological polar surface area (TPSA) is 225 Å². The van der Waals surface area contributed by atoms with E-state index in [1.54, 1.807) is 87.0 Å². The van der Waals surface area contributed by atoms with E-state index in [1.165, 1.54) is 0 Å². The lowest BCUT2D eigenvalue weighted by atomic mass is 10.1. The van der Waals surface area contributed by atoms with Crippen molar-refractivity contribution in [2.45, 2.75) is 24.9 Å². The maximum atomic E-state index is 11.9. The molecule has 8 N–H and O–H groups in total. The number of amides is 3. The second-order valence-electron chi connectivity index (χ2n) is 14.0. The van der Waals surface area contributed by atoms with E-state index in [4.69, 9.17) is 19.9 Å². The highest BCUT2D eigenvalue weighted by molar-refractivity contribution is 5.83. The third kappa shape index (κ3) is 22.4. The van der Waals surface area contributed by atoms with E-state index in [9.17, 15) is 29.4 Å². The SMILES string of the molecule is COc1ccc(NNC(=O)NC(Cc2ccccc2)C(=O)O)cc1.COc1ccc(NNC(=O)Oc2ccccc2)cc1.C[N+](C)(C)C.NC(Cc1ccccc1)C(=O)[O-]. The number of carboxylic acids is 2. The van der Waals surface area contributed by atoms with Crippen LogP contribution >= 0.6 is 0 Å². The summed E-state index contributed by atoms with van der Waals surface area (Å²) in [4.78, 5) is 44.9. The van der Waals surface area contributed by atoms with E-state index in [0.29, 0.717) is 23.6 Å². The summed E-state index contributed by atoms with van der Waals surface area (Å²) >= 11 is 0. The summed E-state index contributed by atoms with van der Waals surface area (Å²) in [5, 5.41) is 21.9. The number of hydrazine groups is 2. The number of anilines is 2. The molecule has 0 aliphatic rings. The van der Waals surface area contributed by atoms with Gasteiger partial charge in [-0.3, -0.25) is 16.3 Å². The fraction of sp³-hybridized carbons (Fsp3) is 0.227. The van der Waals surface area contributed by atoms with E-state index in [0.717, 1.165) is 27.0 Å². The first-order valence-corrected chi connectivity index (χ1v) is 18.5. The minimum absolute atomic E-state index is 0.201. The number of nitrogens with two attached hydrogens (primary N) is 1. The Morgan fingerprint density at radius 2 is 1.02 bits per heavy atom. The van der Waals surface area contributed by atoms with Crippen LogP contribution in [0.3, 0.4) is 0 Å². The number of ether oxygens (including phenoxy) is 3. The molecule has 0 heterocycles. The van der Waals surface area contributed by atoms with Gasteiger partial charge in [0.25, 0.3) is 0 Å². The zero-order valence-electron chi connectivity index (χ0n) is 34.6. The molecule has 0 saturated carbocycles. The Morgan fingerprint density at radius 3 is 1.42 bits per heavy atom. The number of para-hydroxylation sites is 1. The summed E-state index contributed by atoms with van der Waals surface area (Å²) < 4.78 is 16.1. The molecule has 0 bridgehead atoms. The molecule has 0 aliphatic heterocycles. The molecule has 3 amide bonds. The van der Waals surface area contributed by atoms with Crippen LogP contribution in [0.5, 0.6) is 17.2 Å². The molecule has 0 aromatic heterocycles. The van der Waals surface area contributed by atoms with Crippen LogP contribution in [0.4, 0.5) is 21.0 Å². The first-order valence-electron chi connectivity index (χ1n) is 18.5. The molecule has 0 radical (unpaired) electrons. The molecule has 5 aromatic carbocycles. The van der Waals surface area contributed by atoms with E-state index in [-0.39, 0.29) is 6.42 Å². The van der Waals surface area contributed by atoms with Crippen LogP contribution in [-0.2, 0) is 22.4 Å². The zero-order valence-corrected chi connectivity index (χ0v) is 34.6. The highest BCUT2D eigenvalue weighted by atomic mass is 16.6. The molecule has 0 fully saturated rings. The number of carbonyl (C=O) groups excluding carboxylic acids is 3. The predicted octanol–water partition coefficient (Wildman–Crippen LogP) is 4.46. The number of carboxylic acid groups (broad SMARTS) is 2. The van der Waals surface area contributed by atoms with E-state index >= 15 is 0 Å². The minimum Gasteiger partial charge on any atom is -0.548 e. The quantitative estimate of drug-likeness (QED) is 0.0609. The molecule has 0 spiro atoms. The maximum Gasteiger partial charge on any atom is 0.431 e. The zero-order chi connectivity index (χ0) is 44.3. The molecular weight excluding hydrogens is 771 g/mol. The van der Waals surface area contributed by atoms with Crippen molar-refractivity contribution in [3.05, 3.63) is 151 Å². The average Bonchev–Trinajstić information content (AvgIpc) is 3.23. The van der Waals surface area contributed by atoms with Gasteiger partial charge in [-0.15, -0.1) is 0 Å². The van der Waals surface area contributed by atoms with Gasteiger partial charge in [-0.2, -0.15) is 0 Å². The molecule has 320 valence electrons. The summed E-state index contributed by atoms with van der Waals surface area (Å²) in [6.07, 6.45) is -0.0583. The molecule has 5 aromatic rings. The first-order chi connectivity index (χ1) is 28.6. The number of urea groups is 1. The Labute approximate surface area is 350 Å². The van der Waals surface area contributed by atoms with Crippen molar-refractivity contribution in [1.29, 1.82) is 0 Å². The van der Waals surface area contributed by atoms with Crippen LogP contribution in [0.25, 0.3) is 0 Å². The van der Waals surface area contributed by atoms with E-state index < -0.39 is 36.1 Å². The van der Waals surface area contributed by atoms with Crippen LogP contribution < -0.4 is 52.1 Å². The van der Waals surface area contributed by atoms with Gasteiger partial charge >= 0.3 is 18.1 Å². The Kier molecular flexibility index (Phi) is 21.6. The van der Waals surface area contributed by atoms with Gasteiger partial charge in [0.15, 0.2) is 0 Å². The number of hydrogen-bond acceptors (Lipinski definition) is 11. The number of methoxy groups -OCH3 is 2. The molecule has 16 heteroatoms. The molecule has 2 atom stereocenters. The Balaban J connectivity index is 0.000000306. The van der Waals surface area contributed by atoms with Crippen LogP contribution in [-0.4, -0.2) is 88.1 Å². The Morgan fingerprint density at radius 1 is 0.617 bits per heavy atom. The lowest BCUT2D eigenvalue weighted by Gasteiger charge is -2.16. The number of nitrogens with one attached hydrogen (secondary N) is 5. The summed E-state index contributed by atoms with van der Waals surface area (Å²) in [6, 6.07) is 38.6. The molecule has 16 nitrogen and oxygen atoms in total. The molecular formula is C44H55N7O9. The molecule has 2 unspecified atom stereocenters. The standard InChI is InChI=1S/C17H19N3O4.C14H14N2O3.C9H11NO2.C4H12N/c1-24-14-9-7-13(8-10-14)19-20-17(23)18-15(16(21)22)11-12-5-3-2-4-6-12;1-18-12-9-7-11(8-10-12)15-16-14(17)19-13-5-3-2-4-6-13;10-8(9(11)12)6-7-4-2-1-3-5-7;1-5(2,3)4/h2-10,15,19H,11H2,1H3,(H,21,22)(H2,18,20,23);2-10,15H,1H3,(H,16,17);1-5,8H,6,10H2,(H,11,12);1-4H3/q;;;+1/p-1. The average molecular weight is 826 g/mol. The lowest BCUT2D eigenvalue weighted by Crippen LogP contribution is -2.48. The van der Waals surface area contributed by atoms with Crippen molar-refractivity contribution < 1.29 is 48.1 Å². The van der Waals surface area contributed by atoms with Crippen LogP contribution in [0.2, 0.25) is 0 Å². The molecule has 60 heavy (non-hydrogen) atoms. The van der Waals surface area contributed by atoms with Crippen LogP contribution in [0.1, 0.15) is 11.1 Å². The van der Waals surface area contributed by atoms with Crippen molar-refractivity contribution in [2.75, 3.05) is 53.3 Å². The lowest BCUT2D eigenvalue weighted by molar-refractivity contribution is -0.849. The second kappa shape index (κ2) is 26.6. The van der Waals surface area contributed by atoms with Crippen molar-refractivity contribution in [2.24, 2.45) is 5.73 Å². The fourth-order valence-electron chi connectivity index (χ4n) is 4.42. The summed E-state index contributed by atoms with van der Waals surface area (Å²) in [5.74, 6) is -0.384. The summed E-state index contributed by atoms with van der Waals surface area (Å²) in [5.41, 5.74) is 18.7. The molecule has 0 saturated heterocycles. The van der Waals surface area contributed by atoms with Crippen molar-refractivity contribution >= 4 is 35.4 Å². The highest BCUT2D eigenvalue weighted by Gasteiger charge is 2.20. The number of hydrogen-bond donors (Lipinski definition) is 7. The van der Waals surface area contributed by atoms with Gasteiger partial charge in [0.2, 0.25) is 0 Å². The molecule has 0 aliphatic carbocycles. The first kappa shape index (κ1) is 48.8. The number of nitrogens with zero attached hydrogens (tertiary/aromatic N) is 1. The largest absolute Gasteiger partial charge is 0.548 e. The van der Waals surface area contributed by atoms with Gasteiger partial charge in [0.05, 0.1) is 59.8 Å². The Bertz CT molecular complexity index is 1980. The number of benzene rings is 5. The number of aliphatic carboxylic acids is 2. The van der Waals surface area contributed by atoms with Crippen molar-refractivity contribution in [3.63, 3.8) is 0 Å². The smallest absolute Gasteiger partial charge is 0.431 e. The van der Waals surface area contributed by atoms with Gasteiger partial charge in [-0.1, -0.05) is 78.9 Å². The van der Waals surface area contributed by atoms with Crippen LogP contribution in [0, 0.1) is 0 Å². The van der Waals surface area contributed by atoms with Gasteiger partial charge in [0.1, 0.15) is 23.3 Å². The third-order valence-corrected chi connectivity index (χ3v) is 7.25. The number of rotatable bonds is 14. The van der Waals surface area contributed by atoms with Gasteiger partial charge < -0.3 is 44.8 Å². The minimum atomic E-state index is -1.21. The monoisotopic (exact) mass is 825 g/mol. The van der Waals surface area contributed by atoms with Gasteiger partial charge in [-0.05, 0) is 78.2 Å². The summed E-state index contributed by atoms with van der Waals surface area (Å²) in [6.45, 7) is 0. The Hall–Kier alpha value is -7.30. The van der Waals surface area contributed by atoms with Crippen molar-refractivity contribution in [1.82, 2.24) is 16.2 Å². The maximum absolute atomic E-state index is 11.9. The van der Waals surface area contributed by atoms with Crippen molar-refractivity contribution in [3.8, 4) is 17.2 Å². The fourth-order valence-corrected chi connectivity index (χ4v) is 4.42. The van der Waals surface area contributed by atoms with Gasteiger partial charge in [-0.25, -0.2) is 19.8 Å². The number of carbonyl (C=O) groups is 4. The second-order valence-corrected chi connectivity index (χ2v) is 14.0.